The highest BCUT2D eigenvalue weighted by Crippen LogP contribution is 2.24. The molecule has 2 aromatic heterocycles. The topological polar surface area (TPSA) is 98.5 Å². The normalized spacial score (nSPS) is 11.2. The Morgan fingerprint density at radius 2 is 1.62 bits per heavy atom. The Labute approximate surface area is 185 Å². The van der Waals surface area contributed by atoms with Crippen LogP contribution in [0.4, 0.5) is 0 Å². The van der Waals surface area contributed by atoms with Crippen molar-refractivity contribution in [1.29, 1.82) is 0 Å². The van der Waals surface area contributed by atoms with E-state index in [4.69, 9.17) is 9.15 Å². The molecule has 4 aromatic rings. The van der Waals surface area contributed by atoms with Gasteiger partial charge in [-0.25, -0.2) is 4.72 Å². The van der Waals surface area contributed by atoms with Crippen molar-refractivity contribution in [3.63, 3.8) is 0 Å². The minimum Gasteiger partial charge on any atom is -0.489 e. The summed E-state index contributed by atoms with van der Waals surface area (Å²) in [5.74, 6) is 0.265. The molecular weight excluding hydrogens is 428 g/mol. The molecule has 1 N–H and O–H groups in total. The number of pyridine rings is 1. The Morgan fingerprint density at radius 1 is 0.969 bits per heavy atom. The van der Waals surface area contributed by atoms with Crippen LogP contribution in [0.25, 0.3) is 11.1 Å². The number of sulfonamides is 1. The van der Waals surface area contributed by atoms with Crippen LogP contribution in [0.5, 0.6) is 5.75 Å². The van der Waals surface area contributed by atoms with Gasteiger partial charge in [0.1, 0.15) is 18.1 Å². The second-order valence-corrected chi connectivity index (χ2v) is 8.61. The molecule has 7 nitrogen and oxygen atoms in total. The average Bonchev–Trinajstić information content (AvgIpc) is 3.20. The van der Waals surface area contributed by atoms with Crippen LogP contribution in [0.15, 0.2) is 94.7 Å². The van der Waals surface area contributed by atoms with Crippen LogP contribution < -0.4 is 9.46 Å². The number of hydrogen-bond donors (Lipinski definition) is 1. The average molecular weight is 449 g/mol. The van der Waals surface area contributed by atoms with Gasteiger partial charge < -0.3 is 9.15 Å². The fourth-order valence-electron chi connectivity index (χ4n) is 3.04. The molecule has 0 aliphatic carbocycles. The first kappa shape index (κ1) is 21.3. The number of furan rings is 1. The van der Waals surface area contributed by atoms with Crippen LogP contribution in [0, 0.1) is 6.92 Å². The lowest BCUT2D eigenvalue weighted by molar-refractivity contribution is 0.0980. The van der Waals surface area contributed by atoms with Crippen LogP contribution in [0.2, 0.25) is 0 Å². The number of amides is 1. The van der Waals surface area contributed by atoms with Crippen molar-refractivity contribution in [2.24, 2.45) is 0 Å². The maximum absolute atomic E-state index is 12.5. The van der Waals surface area contributed by atoms with E-state index in [1.54, 1.807) is 6.92 Å². The number of rotatable bonds is 7. The standard InChI is InChI=1S/C24H20N2O5S/c1-17-21(16-30-22-9-7-19(8-10-22)18-5-3-2-4-6-18)15-23(31-17)32(28,29)26-24(27)20-11-13-25-14-12-20/h2-15H,16H2,1H3,(H,26,27). The highest BCUT2D eigenvalue weighted by molar-refractivity contribution is 7.90. The van der Waals surface area contributed by atoms with Crippen LogP contribution in [-0.2, 0) is 16.6 Å². The zero-order chi connectivity index (χ0) is 22.6. The first-order valence-electron chi connectivity index (χ1n) is 9.77. The summed E-state index contributed by atoms with van der Waals surface area (Å²) < 4.78 is 38.3. The molecule has 0 saturated heterocycles. The Balaban J connectivity index is 1.43. The van der Waals surface area contributed by atoms with E-state index in [2.05, 4.69) is 4.98 Å². The van der Waals surface area contributed by atoms with E-state index in [-0.39, 0.29) is 17.3 Å². The van der Waals surface area contributed by atoms with Crippen molar-refractivity contribution in [3.05, 3.63) is 102 Å². The Hall–Kier alpha value is -3.91. The van der Waals surface area contributed by atoms with Crippen molar-refractivity contribution < 1.29 is 22.4 Å². The zero-order valence-corrected chi connectivity index (χ0v) is 18.0. The van der Waals surface area contributed by atoms with Crippen LogP contribution in [0.3, 0.4) is 0 Å². The summed E-state index contributed by atoms with van der Waals surface area (Å²) in [6.07, 6.45) is 2.81. The molecule has 0 aliphatic heterocycles. The van der Waals surface area contributed by atoms with Crippen LogP contribution in [0.1, 0.15) is 21.7 Å². The zero-order valence-electron chi connectivity index (χ0n) is 17.2. The summed E-state index contributed by atoms with van der Waals surface area (Å²) in [4.78, 5) is 16.0. The summed E-state index contributed by atoms with van der Waals surface area (Å²) in [6, 6.07) is 21.8. The van der Waals surface area contributed by atoms with Gasteiger partial charge in [0.25, 0.3) is 15.9 Å². The number of carbonyl (C=O) groups excluding carboxylic acids is 1. The Morgan fingerprint density at radius 3 is 2.31 bits per heavy atom. The van der Waals surface area contributed by atoms with Gasteiger partial charge in [0.15, 0.2) is 0 Å². The minimum atomic E-state index is -4.17. The molecule has 4 rings (SSSR count). The molecule has 0 unspecified atom stereocenters. The van der Waals surface area contributed by atoms with E-state index in [0.717, 1.165) is 11.1 Å². The minimum absolute atomic E-state index is 0.119. The maximum atomic E-state index is 12.5. The Bertz CT molecular complexity index is 1320. The molecule has 1 amide bonds. The first-order valence-corrected chi connectivity index (χ1v) is 11.3. The summed E-state index contributed by atoms with van der Waals surface area (Å²) in [5, 5.41) is -0.351. The summed E-state index contributed by atoms with van der Waals surface area (Å²) in [7, 11) is -4.17. The third-order valence-electron chi connectivity index (χ3n) is 4.79. The molecule has 0 fully saturated rings. The van der Waals surface area contributed by atoms with Gasteiger partial charge in [-0.1, -0.05) is 42.5 Å². The molecular formula is C24H20N2O5S. The highest BCUT2D eigenvalue weighted by Gasteiger charge is 2.24. The Kier molecular flexibility index (Phi) is 6.04. The van der Waals surface area contributed by atoms with Crippen molar-refractivity contribution >= 4 is 15.9 Å². The molecule has 32 heavy (non-hydrogen) atoms. The quantitative estimate of drug-likeness (QED) is 0.451. The van der Waals surface area contributed by atoms with Gasteiger partial charge in [0.2, 0.25) is 5.09 Å². The maximum Gasteiger partial charge on any atom is 0.297 e. The summed E-state index contributed by atoms with van der Waals surface area (Å²) in [6.45, 7) is 1.76. The van der Waals surface area contributed by atoms with E-state index in [9.17, 15) is 13.2 Å². The van der Waals surface area contributed by atoms with E-state index >= 15 is 0 Å². The summed E-state index contributed by atoms with van der Waals surface area (Å²) >= 11 is 0. The number of aromatic nitrogens is 1. The SMILES string of the molecule is Cc1oc(S(=O)(=O)NC(=O)c2ccncc2)cc1COc1ccc(-c2ccccc2)cc1. The lowest BCUT2D eigenvalue weighted by Gasteiger charge is -2.07. The molecule has 0 radical (unpaired) electrons. The largest absolute Gasteiger partial charge is 0.489 e. The van der Waals surface area contributed by atoms with Gasteiger partial charge >= 0.3 is 0 Å². The van der Waals surface area contributed by atoms with Gasteiger partial charge in [0, 0.05) is 29.6 Å². The number of nitrogens with one attached hydrogen (secondary N) is 1. The molecule has 2 aromatic carbocycles. The van der Waals surface area contributed by atoms with Gasteiger partial charge in [0.05, 0.1) is 0 Å². The predicted octanol–water partition coefficient (Wildman–Crippen LogP) is 4.35. The molecule has 8 heteroatoms. The number of benzene rings is 2. The highest BCUT2D eigenvalue weighted by atomic mass is 32.2. The van der Waals surface area contributed by atoms with Gasteiger partial charge in [-0.15, -0.1) is 0 Å². The number of nitrogens with zero attached hydrogens (tertiary/aromatic N) is 1. The van der Waals surface area contributed by atoms with Crippen LogP contribution in [-0.4, -0.2) is 19.3 Å². The lowest BCUT2D eigenvalue weighted by Crippen LogP contribution is -2.30. The van der Waals surface area contributed by atoms with E-state index in [1.165, 1.54) is 30.6 Å². The molecule has 0 bridgehead atoms. The number of aryl methyl sites for hydroxylation is 1. The third-order valence-corrected chi connectivity index (χ3v) is 5.97. The van der Waals surface area contributed by atoms with E-state index in [1.807, 2.05) is 59.3 Å². The molecule has 2 heterocycles. The number of carbonyl (C=O) groups is 1. The van der Waals surface area contributed by atoms with Crippen molar-refractivity contribution in [2.45, 2.75) is 18.6 Å². The molecule has 0 atom stereocenters. The lowest BCUT2D eigenvalue weighted by atomic mass is 10.1. The third kappa shape index (κ3) is 4.87. The monoisotopic (exact) mass is 448 g/mol. The summed E-state index contributed by atoms with van der Waals surface area (Å²) in [5.41, 5.74) is 2.91. The van der Waals surface area contributed by atoms with Crippen molar-refractivity contribution in [1.82, 2.24) is 9.71 Å². The molecule has 162 valence electrons. The number of ether oxygens (including phenoxy) is 1. The van der Waals surface area contributed by atoms with Gasteiger partial charge in [-0.2, -0.15) is 8.42 Å². The van der Waals surface area contributed by atoms with E-state index in [0.29, 0.717) is 17.1 Å². The van der Waals surface area contributed by atoms with E-state index < -0.39 is 15.9 Å². The van der Waals surface area contributed by atoms with Crippen molar-refractivity contribution in [3.8, 4) is 16.9 Å². The molecule has 0 saturated carbocycles. The van der Waals surface area contributed by atoms with Gasteiger partial charge in [-0.05, 0) is 42.3 Å². The van der Waals surface area contributed by atoms with Crippen LogP contribution >= 0.6 is 0 Å². The fourth-order valence-corrected chi connectivity index (χ4v) is 4.03. The van der Waals surface area contributed by atoms with Crippen molar-refractivity contribution in [2.75, 3.05) is 0 Å². The fraction of sp³-hybridized carbons (Fsp3) is 0.0833. The second kappa shape index (κ2) is 9.07. The molecule has 0 spiro atoms. The smallest absolute Gasteiger partial charge is 0.297 e. The molecule has 0 aliphatic rings. The number of hydrogen-bond acceptors (Lipinski definition) is 6. The first-order chi connectivity index (χ1) is 15.4. The predicted molar refractivity (Wildman–Crippen MR) is 119 cm³/mol. The van der Waals surface area contributed by atoms with Gasteiger partial charge in [-0.3, -0.25) is 9.78 Å². The second-order valence-electron chi connectivity index (χ2n) is 7.00.